The van der Waals surface area contributed by atoms with Crippen molar-refractivity contribution in [3.8, 4) is 0 Å². The molecule has 0 aliphatic rings. The lowest BCUT2D eigenvalue weighted by Crippen LogP contribution is -2.30. The summed E-state index contributed by atoms with van der Waals surface area (Å²) in [5.41, 5.74) is 6.57. The monoisotopic (exact) mass is 271 g/mol. The topological polar surface area (TPSA) is 35.2 Å². The van der Waals surface area contributed by atoms with Gasteiger partial charge in [-0.25, -0.2) is 0 Å². The van der Waals surface area contributed by atoms with Gasteiger partial charge in [0.2, 0.25) is 0 Å². The molecule has 0 radical (unpaired) electrons. The van der Waals surface area contributed by atoms with Crippen molar-refractivity contribution in [3.63, 3.8) is 0 Å². The molecule has 1 aromatic carbocycles. The van der Waals surface area contributed by atoms with Crippen molar-refractivity contribution < 1.29 is 4.74 Å². The summed E-state index contributed by atoms with van der Waals surface area (Å²) in [6.45, 7) is 5.25. The van der Waals surface area contributed by atoms with Gasteiger partial charge >= 0.3 is 0 Å². The number of benzene rings is 1. The van der Waals surface area contributed by atoms with E-state index >= 15 is 0 Å². The zero-order chi connectivity index (χ0) is 12.9. The van der Waals surface area contributed by atoms with Gasteiger partial charge in [-0.15, -0.1) is 0 Å². The van der Waals surface area contributed by atoms with Crippen LogP contribution >= 0.6 is 23.8 Å². The molecule has 2 N–H and O–H groups in total. The first-order valence-electron chi connectivity index (χ1n) is 5.54. The minimum Gasteiger partial charge on any atom is -0.393 e. The third-order valence-corrected chi connectivity index (χ3v) is 3.48. The van der Waals surface area contributed by atoms with Crippen LogP contribution in [0, 0.1) is 5.41 Å². The molecular weight excluding hydrogens is 254 g/mol. The normalized spacial score (nSPS) is 11.5. The zero-order valence-electron chi connectivity index (χ0n) is 10.2. The summed E-state index contributed by atoms with van der Waals surface area (Å²) in [6, 6.07) is 7.66. The lowest BCUT2D eigenvalue weighted by Gasteiger charge is -2.22. The number of nitrogens with two attached hydrogens (primary N) is 1. The molecule has 0 saturated heterocycles. The molecule has 0 aromatic heterocycles. The molecule has 0 bridgehead atoms. The highest BCUT2D eigenvalue weighted by atomic mass is 35.5. The molecule has 0 aliphatic carbocycles. The van der Waals surface area contributed by atoms with Crippen molar-refractivity contribution in [2.45, 2.75) is 26.9 Å². The van der Waals surface area contributed by atoms with Crippen LogP contribution in [0.3, 0.4) is 0 Å². The van der Waals surface area contributed by atoms with Gasteiger partial charge in [-0.3, -0.25) is 0 Å². The quantitative estimate of drug-likeness (QED) is 0.635. The average Bonchev–Trinajstić information content (AvgIpc) is 2.24. The number of thiocarbonyl (C=S) groups is 1. The van der Waals surface area contributed by atoms with Gasteiger partial charge in [0.25, 0.3) is 0 Å². The van der Waals surface area contributed by atoms with Gasteiger partial charge < -0.3 is 10.5 Å². The van der Waals surface area contributed by atoms with E-state index in [9.17, 15) is 0 Å². The van der Waals surface area contributed by atoms with Gasteiger partial charge in [0, 0.05) is 17.0 Å². The highest BCUT2D eigenvalue weighted by molar-refractivity contribution is 7.80. The van der Waals surface area contributed by atoms with E-state index in [1.165, 1.54) is 0 Å². The first-order chi connectivity index (χ1) is 7.92. The summed E-state index contributed by atoms with van der Waals surface area (Å²) in [7, 11) is 0. The Morgan fingerprint density at radius 2 is 2.18 bits per heavy atom. The van der Waals surface area contributed by atoms with Crippen molar-refractivity contribution in [2.24, 2.45) is 11.1 Å². The average molecular weight is 272 g/mol. The number of halogens is 1. The molecule has 0 atom stereocenters. The molecular formula is C13H18ClNOS. The first-order valence-corrected chi connectivity index (χ1v) is 6.32. The lowest BCUT2D eigenvalue weighted by molar-refractivity contribution is 0.104. The highest BCUT2D eigenvalue weighted by Gasteiger charge is 2.20. The molecule has 0 spiro atoms. The van der Waals surface area contributed by atoms with Crippen LogP contribution in [0.4, 0.5) is 0 Å². The van der Waals surface area contributed by atoms with E-state index in [1.54, 1.807) is 0 Å². The summed E-state index contributed by atoms with van der Waals surface area (Å²) >= 11 is 10.9. The molecule has 17 heavy (non-hydrogen) atoms. The van der Waals surface area contributed by atoms with Crippen LogP contribution in [0.5, 0.6) is 0 Å². The Hall–Kier alpha value is -0.640. The van der Waals surface area contributed by atoms with Crippen LogP contribution in [0.25, 0.3) is 0 Å². The fourth-order valence-corrected chi connectivity index (χ4v) is 1.58. The third-order valence-electron chi connectivity index (χ3n) is 2.70. The molecule has 1 rings (SSSR count). The lowest BCUT2D eigenvalue weighted by atomic mass is 9.90. The Bertz CT molecular complexity index is 393. The van der Waals surface area contributed by atoms with E-state index in [0.717, 1.165) is 17.0 Å². The van der Waals surface area contributed by atoms with Crippen LogP contribution in [0.15, 0.2) is 24.3 Å². The first kappa shape index (κ1) is 14.4. The fraction of sp³-hybridized carbons (Fsp3) is 0.462. The Morgan fingerprint density at radius 1 is 1.47 bits per heavy atom. The van der Waals surface area contributed by atoms with Crippen LogP contribution in [-0.4, -0.2) is 11.6 Å². The van der Waals surface area contributed by atoms with Gasteiger partial charge in [0.1, 0.15) is 0 Å². The second-order valence-electron chi connectivity index (χ2n) is 4.68. The van der Waals surface area contributed by atoms with Crippen molar-refractivity contribution >= 4 is 28.8 Å². The van der Waals surface area contributed by atoms with Crippen LogP contribution in [0.2, 0.25) is 5.02 Å². The zero-order valence-corrected chi connectivity index (χ0v) is 11.8. The van der Waals surface area contributed by atoms with Crippen molar-refractivity contribution in [2.75, 3.05) is 6.61 Å². The molecule has 1 aromatic rings. The Labute approximate surface area is 113 Å². The molecule has 0 saturated carbocycles. The second kappa shape index (κ2) is 6.34. The maximum Gasteiger partial charge on any atom is 0.0785 e. The van der Waals surface area contributed by atoms with Crippen molar-refractivity contribution in [1.29, 1.82) is 0 Å². The summed E-state index contributed by atoms with van der Waals surface area (Å²) in [5, 5.41) is 0.731. The van der Waals surface area contributed by atoms with E-state index in [4.69, 9.17) is 34.3 Å². The molecule has 0 unspecified atom stereocenters. The molecule has 0 aliphatic heterocycles. The predicted molar refractivity (Wildman–Crippen MR) is 76.3 cm³/mol. The second-order valence-corrected chi connectivity index (χ2v) is 5.56. The van der Waals surface area contributed by atoms with Crippen LogP contribution < -0.4 is 5.73 Å². The van der Waals surface area contributed by atoms with Gasteiger partial charge in [-0.05, 0) is 24.1 Å². The van der Waals surface area contributed by atoms with E-state index in [2.05, 4.69) is 0 Å². The van der Waals surface area contributed by atoms with Gasteiger partial charge in [0.05, 0.1) is 11.6 Å². The predicted octanol–water partition coefficient (Wildman–Crippen LogP) is 3.56. The van der Waals surface area contributed by atoms with E-state index < -0.39 is 0 Å². The number of rotatable bonds is 6. The third kappa shape index (κ3) is 5.02. The summed E-state index contributed by atoms with van der Waals surface area (Å²) in [4.78, 5) is 0.531. The maximum absolute atomic E-state index is 5.88. The fourth-order valence-electron chi connectivity index (χ4n) is 1.27. The van der Waals surface area contributed by atoms with Gasteiger partial charge in [-0.2, -0.15) is 0 Å². The van der Waals surface area contributed by atoms with Crippen molar-refractivity contribution in [1.82, 2.24) is 0 Å². The van der Waals surface area contributed by atoms with E-state index in [-0.39, 0.29) is 5.41 Å². The molecule has 4 heteroatoms. The Kier molecular flexibility index (Phi) is 5.37. The van der Waals surface area contributed by atoms with Gasteiger partial charge in [0.15, 0.2) is 0 Å². The largest absolute Gasteiger partial charge is 0.393 e. The highest BCUT2D eigenvalue weighted by Crippen LogP contribution is 2.20. The summed E-state index contributed by atoms with van der Waals surface area (Å²) in [6.07, 6.45) is 0.822. The summed E-state index contributed by atoms with van der Waals surface area (Å²) < 4.78 is 5.59. The van der Waals surface area contributed by atoms with E-state index in [0.29, 0.717) is 18.2 Å². The molecule has 0 amide bonds. The molecule has 94 valence electrons. The van der Waals surface area contributed by atoms with Crippen molar-refractivity contribution in [3.05, 3.63) is 34.9 Å². The number of hydrogen-bond donors (Lipinski definition) is 1. The smallest absolute Gasteiger partial charge is 0.0785 e. The van der Waals surface area contributed by atoms with Crippen LogP contribution in [0.1, 0.15) is 25.8 Å². The summed E-state index contributed by atoms with van der Waals surface area (Å²) in [5.74, 6) is 0. The van der Waals surface area contributed by atoms with Crippen LogP contribution in [-0.2, 0) is 11.3 Å². The Balaban J connectivity index is 2.32. The van der Waals surface area contributed by atoms with Gasteiger partial charge in [-0.1, -0.05) is 49.8 Å². The minimum absolute atomic E-state index is 0.149. The minimum atomic E-state index is -0.149. The number of hydrogen-bond acceptors (Lipinski definition) is 2. The molecule has 0 heterocycles. The Morgan fingerprint density at radius 3 is 2.76 bits per heavy atom. The molecule has 2 nitrogen and oxygen atoms in total. The van der Waals surface area contributed by atoms with E-state index in [1.807, 2.05) is 38.1 Å². The standard InChI is InChI=1S/C13H18ClNOS/c1-13(2,12(15)17)6-7-16-9-10-4-3-5-11(14)8-10/h3-5,8H,6-7,9H2,1-2H3,(H2,15,17). The maximum atomic E-state index is 5.88. The SMILES string of the molecule is CC(C)(CCOCc1cccc(Cl)c1)C(N)=S. The molecule has 0 fully saturated rings. The number of ether oxygens (including phenoxy) is 1.